The zero-order valence-electron chi connectivity index (χ0n) is 13.9. The molecular weight excluding hydrogens is 282 g/mol. The number of nitrogens with one attached hydrogen (secondary N) is 1. The van der Waals surface area contributed by atoms with E-state index in [1.165, 1.54) is 12.8 Å². The number of hydrogen-bond acceptors (Lipinski definition) is 2. The van der Waals surface area contributed by atoms with Gasteiger partial charge in [0.05, 0.1) is 6.61 Å². The molecule has 0 spiro atoms. The van der Waals surface area contributed by atoms with E-state index < -0.39 is 0 Å². The Bertz CT molecular complexity index is 492. The van der Waals surface area contributed by atoms with Crippen molar-refractivity contribution in [1.29, 1.82) is 0 Å². The predicted molar refractivity (Wildman–Crippen MR) is 90.6 cm³/mol. The van der Waals surface area contributed by atoms with E-state index in [1.54, 1.807) is 0 Å². The fourth-order valence-electron chi connectivity index (χ4n) is 2.30. The number of halogens is 1. The van der Waals surface area contributed by atoms with Crippen LogP contribution < -0.4 is 10.1 Å². The van der Waals surface area contributed by atoms with Crippen molar-refractivity contribution in [3.8, 4) is 5.75 Å². The smallest absolute Gasteiger partial charge is 0.122 e. The maximum absolute atomic E-state index is 6.31. The van der Waals surface area contributed by atoms with Crippen molar-refractivity contribution in [2.45, 2.75) is 59.4 Å². The summed E-state index contributed by atoms with van der Waals surface area (Å²) >= 11 is 6.31. The van der Waals surface area contributed by atoms with Crippen molar-refractivity contribution in [1.82, 2.24) is 5.32 Å². The highest BCUT2D eigenvalue weighted by Crippen LogP contribution is 2.32. The molecular formula is C18H28ClNO. The molecule has 0 saturated heterocycles. The number of ether oxygens (including phenoxy) is 1. The Hall–Kier alpha value is -0.730. The molecule has 118 valence electrons. The van der Waals surface area contributed by atoms with Gasteiger partial charge in [-0.2, -0.15) is 0 Å². The van der Waals surface area contributed by atoms with Crippen LogP contribution in [0.2, 0.25) is 5.02 Å². The summed E-state index contributed by atoms with van der Waals surface area (Å²) in [6.07, 6.45) is 2.65. The molecule has 2 rings (SSSR count). The zero-order chi connectivity index (χ0) is 15.6. The van der Waals surface area contributed by atoms with Crippen molar-refractivity contribution < 1.29 is 4.74 Å². The number of hydrogen-bond donors (Lipinski definition) is 1. The van der Waals surface area contributed by atoms with E-state index >= 15 is 0 Å². The third-order valence-corrected chi connectivity index (χ3v) is 4.31. The molecule has 1 aromatic rings. The second-order valence-electron chi connectivity index (χ2n) is 7.40. The van der Waals surface area contributed by atoms with E-state index in [2.05, 4.69) is 46.0 Å². The average Bonchev–Trinajstić information content (AvgIpc) is 3.19. The van der Waals surface area contributed by atoms with Crippen LogP contribution in [-0.2, 0) is 0 Å². The molecule has 0 radical (unpaired) electrons. The first-order valence-corrected chi connectivity index (χ1v) is 8.32. The highest BCUT2D eigenvalue weighted by molar-refractivity contribution is 6.31. The van der Waals surface area contributed by atoms with Crippen molar-refractivity contribution in [3.05, 3.63) is 28.3 Å². The second-order valence-corrected chi connectivity index (χ2v) is 7.81. The van der Waals surface area contributed by atoms with Gasteiger partial charge in [0, 0.05) is 23.0 Å². The summed E-state index contributed by atoms with van der Waals surface area (Å²) in [4.78, 5) is 0. The molecule has 1 fully saturated rings. The number of aryl methyl sites for hydroxylation is 1. The molecule has 1 N–H and O–H groups in total. The van der Waals surface area contributed by atoms with Gasteiger partial charge in [-0.1, -0.05) is 39.3 Å². The molecule has 1 saturated carbocycles. The van der Waals surface area contributed by atoms with Gasteiger partial charge in [-0.25, -0.2) is 0 Å². The minimum absolute atomic E-state index is 0.132. The molecule has 1 aromatic carbocycles. The van der Waals surface area contributed by atoms with Gasteiger partial charge < -0.3 is 10.1 Å². The topological polar surface area (TPSA) is 21.3 Å². The van der Waals surface area contributed by atoms with Crippen molar-refractivity contribution in [2.24, 2.45) is 5.41 Å². The van der Waals surface area contributed by atoms with Gasteiger partial charge in [0.1, 0.15) is 5.75 Å². The lowest BCUT2D eigenvalue weighted by molar-refractivity contribution is 0.175. The lowest BCUT2D eigenvalue weighted by atomic mass is 9.94. The van der Waals surface area contributed by atoms with Gasteiger partial charge in [0.25, 0.3) is 0 Å². The van der Waals surface area contributed by atoms with Crippen LogP contribution in [0, 0.1) is 12.3 Å². The van der Waals surface area contributed by atoms with Gasteiger partial charge in [0.2, 0.25) is 0 Å². The van der Waals surface area contributed by atoms with Gasteiger partial charge in [-0.3, -0.25) is 0 Å². The molecule has 0 heterocycles. The van der Waals surface area contributed by atoms with Crippen molar-refractivity contribution >= 4 is 11.6 Å². The molecule has 0 atom stereocenters. The number of rotatable bonds is 7. The summed E-state index contributed by atoms with van der Waals surface area (Å²) < 4.78 is 6.10. The fourth-order valence-corrected chi connectivity index (χ4v) is 2.74. The maximum atomic E-state index is 6.31. The zero-order valence-corrected chi connectivity index (χ0v) is 14.7. The van der Waals surface area contributed by atoms with Crippen LogP contribution in [0.3, 0.4) is 0 Å². The highest BCUT2D eigenvalue weighted by Gasteiger charge is 2.26. The summed E-state index contributed by atoms with van der Waals surface area (Å²) in [7, 11) is 0. The first-order valence-electron chi connectivity index (χ1n) is 7.95. The first kappa shape index (κ1) is 16.6. The molecule has 0 bridgehead atoms. The van der Waals surface area contributed by atoms with Crippen LogP contribution in [-0.4, -0.2) is 19.2 Å². The van der Waals surface area contributed by atoms with Gasteiger partial charge in [-0.15, -0.1) is 0 Å². The summed E-state index contributed by atoms with van der Waals surface area (Å²) in [6, 6.07) is 4.86. The van der Waals surface area contributed by atoms with Crippen LogP contribution >= 0.6 is 11.6 Å². The van der Waals surface area contributed by atoms with Crippen LogP contribution in [0.4, 0.5) is 0 Å². The molecule has 0 unspecified atom stereocenters. The maximum Gasteiger partial charge on any atom is 0.122 e. The third kappa shape index (κ3) is 4.89. The van der Waals surface area contributed by atoms with E-state index in [9.17, 15) is 0 Å². The van der Waals surface area contributed by atoms with Gasteiger partial charge >= 0.3 is 0 Å². The van der Waals surface area contributed by atoms with Crippen molar-refractivity contribution in [3.63, 3.8) is 0 Å². The Morgan fingerprint density at radius 2 is 2.00 bits per heavy atom. The quantitative estimate of drug-likeness (QED) is 0.771. The minimum Gasteiger partial charge on any atom is -0.493 e. The van der Waals surface area contributed by atoms with Crippen LogP contribution in [0.25, 0.3) is 0 Å². The van der Waals surface area contributed by atoms with E-state index in [0.29, 0.717) is 12.5 Å². The Morgan fingerprint density at radius 1 is 1.33 bits per heavy atom. The molecule has 3 heteroatoms. The highest BCUT2D eigenvalue weighted by atomic mass is 35.5. The normalized spacial score (nSPS) is 15.6. The van der Waals surface area contributed by atoms with Crippen LogP contribution in [0.15, 0.2) is 12.1 Å². The lowest BCUT2D eigenvalue weighted by Crippen LogP contribution is -2.35. The molecule has 0 aromatic heterocycles. The summed E-state index contributed by atoms with van der Waals surface area (Å²) in [5, 5.41) is 4.42. The monoisotopic (exact) mass is 309 g/mol. The standard InChI is InChI=1S/C18H28ClNO/c1-12(2)15-9-17(13(3)8-16(15)19)21-11-18(4,5)10-20-14-6-7-14/h8-9,12,14,20H,6-7,10-11H2,1-5H3. The minimum atomic E-state index is 0.132. The van der Waals surface area contributed by atoms with Crippen LogP contribution in [0.1, 0.15) is 57.6 Å². The average molecular weight is 310 g/mol. The summed E-state index contributed by atoms with van der Waals surface area (Å²) in [5.74, 6) is 1.37. The lowest BCUT2D eigenvalue weighted by Gasteiger charge is -2.26. The fraction of sp³-hybridized carbons (Fsp3) is 0.667. The third-order valence-electron chi connectivity index (χ3n) is 3.98. The Morgan fingerprint density at radius 3 is 2.57 bits per heavy atom. The molecule has 2 nitrogen and oxygen atoms in total. The molecule has 0 aliphatic heterocycles. The Labute approximate surface area is 134 Å². The van der Waals surface area contributed by atoms with E-state index in [4.69, 9.17) is 16.3 Å². The second kappa shape index (κ2) is 6.58. The van der Waals surface area contributed by atoms with Gasteiger partial charge in [-0.05, 0) is 48.9 Å². The van der Waals surface area contributed by atoms with E-state index in [-0.39, 0.29) is 5.41 Å². The molecule has 1 aliphatic carbocycles. The summed E-state index contributed by atoms with van der Waals surface area (Å²) in [6.45, 7) is 12.6. The largest absolute Gasteiger partial charge is 0.493 e. The van der Waals surface area contributed by atoms with Gasteiger partial charge in [0.15, 0.2) is 0 Å². The molecule has 0 amide bonds. The Balaban J connectivity index is 1.99. The SMILES string of the molecule is Cc1cc(Cl)c(C(C)C)cc1OCC(C)(C)CNC1CC1. The number of benzene rings is 1. The van der Waals surface area contributed by atoms with Crippen molar-refractivity contribution in [2.75, 3.05) is 13.2 Å². The first-order chi connectivity index (χ1) is 9.78. The summed E-state index contributed by atoms with van der Waals surface area (Å²) in [5.41, 5.74) is 2.40. The molecule has 1 aliphatic rings. The van der Waals surface area contributed by atoms with E-state index in [1.807, 2.05) is 6.07 Å². The Kier molecular flexibility index (Phi) is 5.21. The van der Waals surface area contributed by atoms with E-state index in [0.717, 1.165) is 34.5 Å². The molecule has 21 heavy (non-hydrogen) atoms. The van der Waals surface area contributed by atoms with Crippen LogP contribution in [0.5, 0.6) is 5.75 Å². The predicted octanol–water partition coefficient (Wildman–Crippen LogP) is 4.93.